The van der Waals surface area contributed by atoms with E-state index in [0.29, 0.717) is 0 Å². The van der Waals surface area contributed by atoms with Gasteiger partial charge in [0.25, 0.3) is 0 Å². The Kier molecular flexibility index (Phi) is 6.40. The molecule has 2 rings (SSSR count). The minimum atomic E-state index is -0.114. The molecule has 0 aliphatic heterocycles. The maximum absolute atomic E-state index is 12.6. The molecule has 0 unspecified atom stereocenters. The third-order valence-corrected chi connectivity index (χ3v) is 4.08. The number of hydrogen-bond acceptors (Lipinski definition) is 3. The van der Waals surface area contributed by atoms with Gasteiger partial charge >= 0.3 is 0 Å². The molecule has 0 saturated heterocycles. The molecule has 120 valence electrons. The number of carbonyl (C=O) groups is 2. The average Bonchev–Trinajstić information content (AvgIpc) is 2.57. The Morgan fingerprint density at radius 3 is 2.41 bits per heavy atom. The summed E-state index contributed by atoms with van der Waals surface area (Å²) >= 11 is 0. The SMILES string of the molecule is CNC(=O)CNCC(=O)N(c1ccccc1)C1CCCCC1. The molecule has 1 aromatic carbocycles. The Morgan fingerprint density at radius 1 is 1.09 bits per heavy atom. The van der Waals surface area contributed by atoms with Crippen molar-refractivity contribution in [3.63, 3.8) is 0 Å². The van der Waals surface area contributed by atoms with Gasteiger partial charge in [-0.2, -0.15) is 0 Å². The van der Waals surface area contributed by atoms with Gasteiger partial charge in [0.2, 0.25) is 11.8 Å². The molecule has 5 heteroatoms. The fraction of sp³-hybridized carbons (Fsp3) is 0.529. The minimum Gasteiger partial charge on any atom is -0.358 e. The van der Waals surface area contributed by atoms with Crippen molar-refractivity contribution in [2.45, 2.75) is 38.1 Å². The lowest BCUT2D eigenvalue weighted by Gasteiger charge is -2.34. The second-order valence-corrected chi connectivity index (χ2v) is 5.67. The number of benzene rings is 1. The van der Waals surface area contributed by atoms with Crippen molar-refractivity contribution in [1.29, 1.82) is 0 Å². The first-order valence-corrected chi connectivity index (χ1v) is 8.01. The normalized spacial score (nSPS) is 15.3. The van der Waals surface area contributed by atoms with Crippen molar-refractivity contribution in [2.75, 3.05) is 25.0 Å². The number of anilines is 1. The Bertz CT molecular complexity index is 484. The molecule has 1 aromatic rings. The predicted molar refractivity (Wildman–Crippen MR) is 87.7 cm³/mol. The van der Waals surface area contributed by atoms with Crippen molar-refractivity contribution < 1.29 is 9.59 Å². The Labute approximate surface area is 132 Å². The second kappa shape index (κ2) is 8.54. The molecule has 2 N–H and O–H groups in total. The summed E-state index contributed by atoms with van der Waals surface area (Å²) in [5, 5.41) is 5.46. The van der Waals surface area contributed by atoms with Crippen LogP contribution < -0.4 is 15.5 Å². The first kappa shape index (κ1) is 16.5. The van der Waals surface area contributed by atoms with Crippen LogP contribution in [-0.4, -0.2) is 38.0 Å². The van der Waals surface area contributed by atoms with E-state index in [2.05, 4.69) is 10.6 Å². The molecular weight excluding hydrogens is 278 g/mol. The van der Waals surface area contributed by atoms with Crippen LogP contribution >= 0.6 is 0 Å². The lowest BCUT2D eigenvalue weighted by atomic mass is 9.93. The molecule has 0 aromatic heterocycles. The highest BCUT2D eigenvalue weighted by molar-refractivity contribution is 5.95. The number of rotatable bonds is 6. The highest BCUT2D eigenvalue weighted by Crippen LogP contribution is 2.27. The van der Waals surface area contributed by atoms with E-state index in [1.807, 2.05) is 35.2 Å². The largest absolute Gasteiger partial charge is 0.358 e. The van der Waals surface area contributed by atoms with Gasteiger partial charge in [-0.1, -0.05) is 37.5 Å². The van der Waals surface area contributed by atoms with Gasteiger partial charge in [0.1, 0.15) is 0 Å². The summed E-state index contributed by atoms with van der Waals surface area (Å²) in [4.78, 5) is 25.8. The summed E-state index contributed by atoms with van der Waals surface area (Å²) in [6, 6.07) is 10.1. The Balaban J connectivity index is 2.03. The highest BCUT2D eigenvalue weighted by atomic mass is 16.2. The van der Waals surface area contributed by atoms with Crippen LogP contribution in [0.4, 0.5) is 5.69 Å². The molecule has 5 nitrogen and oxygen atoms in total. The standard InChI is InChI=1S/C17H25N3O2/c1-18-16(21)12-19-13-17(22)20(14-8-4-2-5-9-14)15-10-6-3-7-11-15/h2,4-5,8-9,15,19H,3,6-7,10-13H2,1H3,(H,18,21). The van der Waals surface area contributed by atoms with Crippen LogP contribution in [-0.2, 0) is 9.59 Å². The van der Waals surface area contributed by atoms with Gasteiger partial charge in [-0.25, -0.2) is 0 Å². The molecule has 0 radical (unpaired) electrons. The van der Waals surface area contributed by atoms with Crippen LogP contribution in [0.2, 0.25) is 0 Å². The van der Waals surface area contributed by atoms with Crippen molar-refractivity contribution in [3.05, 3.63) is 30.3 Å². The third-order valence-electron chi connectivity index (χ3n) is 4.08. The van der Waals surface area contributed by atoms with Gasteiger partial charge < -0.3 is 10.2 Å². The van der Waals surface area contributed by atoms with E-state index >= 15 is 0 Å². The Hall–Kier alpha value is -1.88. The lowest BCUT2D eigenvalue weighted by Crippen LogP contribution is -2.47. The van der Waals surface area contributed by atoms with E-state index in [-0.39, 0.29) is 30.9 Å². The highest BCUT2D eigenvalue weighted by Gasteiger charge is 2.26. The van der Waals surface area contributed by atoms with Gasteiger partial charge in [0.05, 0.1) is 13.1 Å². The maximum atomic E-state index is 12.6. The van der Waals surface area contributed by atoms with Crippen LogP contribution in [0, 0.1) is 0 Å². The molecule has 0 atom stereocenters. The summed E-state index contributed by atoms with van der Waals surface area (Å²) in [6.45, 7) is 0.342. The zero-order chi connectivity index (χ0) is 15.8. The summed E-state index contributed by atoms with van der Waals surface area (Å²) in [7, 11) is 1.59. The van der Waals surface area contributed by atoms with E-state index in [1.54, 1.807) is 7.05 Å². The third kappa shape index (κ3) is 4.56. The molecule has 22 heavy (non-hydrogen) atoms. The van der Waals surface area contributed by atoms with Gasteiger partial charge in [-0.3, -0.25) is 14.9 Å². The second-order valence-electron chi connectivity index (χ2n) is 5.67. The number of nitrogens with zero attached hydrogens (tertiary/aromatic N) is 1. The maximum Gasteiger partial charge on any atom is 0.241 e. The van der Waals surface area contributed by atoms with Crippen LogP contribution in [0.5, 0.6) is 0 Å². The van der Waals surface area contributed by atoms with Crippen molar-refractivity contribution in [1.82, 2.24) is 10.6 Å². The van der Waals surface area contributed by atoms with Gasteiger partial charge in [-0.05, 0) is 25.0 Å². The van der Waals surface area contributed by atoms with E-state index in [4.69, 9.17) is 0 Å². The molecule has 0 heterocycles. The first-order chi connectivity index (χ1) is 10.7. The molecule has 1 fully saturated rings. The minimum absolute atomic E-state index is 0.0296. The van der Waals surface area contributed by atoms with Crippen LogP contribution in [0.3, 0.4) is 0 Å². The number of nitrogens with one attached hydrogen (secondary N) is 2. The van der Waals surface area contributed by atoms with E-state index < -0.39 is 0 Å². The molecular formula is C17H25N3O2. The molecule has 2 amide bonds. The van der Waals surface area contributed by atoms with Crippen molar-refractivity contribution in [2.24, 2.45) is 0 Å². The zero-order valence-electron chi connectivity index (χ0n) is 13.2. The zero-order valence-corrected chi connectivity index (χ0v) is 13.2. The summed E-state index contributed by atoms with van der Waals surface area (Å²) < 4.78 is 0. The molecule has 1 saturated carbocycles. The summed E-state index contributed by atoms with van der Waals surface area (Å²) in [5.74, 6) is -0.0845. The summed E-state index contributed by atoms with van der Waals surface area (Å²) in [5.41, 5.74) is 0.946. The predicted octanol–water partition coefficient (Wildman–Crippen LogP) is 1.69. The fourth-order valence-electron chi connectivity index (χ4n) is 2.94. The molecule has 1 aliphatic carbocycles. The van der Waals surface area contributed by atoms with Gasteiger partial charge in [0, 0.05) is 18.8 Å². The number of para-hydroxylation sites is 1. The number of carbonyl (C=O) groups excluding carboxylic acids is 2. The number of likely N-dealkylation sites (N-methyl/N-ethyl adjacent to an activating group) is 1. The molecule has 0 bridgehead atoms. The fourth-order valence-corrected chi connectivity index (χ4v) is 2.94. The molecule has 0 spiro atoms. The van der Waals surface area contributed by atoms with E-state index in [1.165, 1.54) is 19.3 Å². The smallest absolute Gasteiger partial charge is 0.241 e. The van der Waals surface area contributed by atoms with Crippen molar-refractivity contribution in [3.8, 4) is 0 Å². The summed E-state index contributed by atoms with van der Waals surface area (Å²) in [6.07, 6.45) is 5.70. The monoisotopic (exact) mass is 303 g/mol. The van der Waals surface area contributed by atoms with Crippen LogP contribution in [0.25, 0.3) is 0 Å². The quantitative estimate of drug-likeness (QED) is 0.840. The lowest BCUT2D eigenvalue weighted by molar-refractivity contribution is -0.120. The van der Waals surface area contributed by atoms with E-state index in [9.17, 15) is 9.59 Å². The van der Waals surface area contributed by atoms with Gasteiger partial charge in [0.15, 0.2) is 0 Å². The van der Waals surface area contributed by atoms with Crippen LogP contribution in [0.15, 0.2) is 30.3 Å². The number of hydrogen-bond donors (Lipinski definition) is 2. The van der Waals surface area contributed by atoms with E-state index in [0.717, 1.165) is 18.5 Å². The van der Waals surface area contributed by atoms with Gasteiger partial charge in [-0.15, -0.1) is 0 Å². The average molecular weight is 303 g/mol. The molecule has 1 aliphatic rings. The first-order valence-electron chi connectivity index (χ1n) is 8.01. The topological polar surface area (TPSA) is 61.4 Å². The Morgan fingerprint density at radius 2 is 1.77 bits per heavy atom. The van der Waals surface area contributed by atoms with Crippen molar-refractivity contribution >= 4 is 17.5 Å². The van der Waals surface area contributed by atoms with Crippen LogP contribution in [0.1, 0.15) is 32.1 Å². The number of amides is 2.